The number of fused-ring (bicyclic) bond motifs is 2. The minimum absolute atomic E-state index is 0.363. The summed E-state index contributed by atoms with van der Waals surface area (Å²) in [5.74, 6) is 3.23. The molecule has 3 rings (SSSR count). The number of hydrogen-bond acceptors (Lipinski definition) is 2. The molecule has 1 aromatic rings. The van der Waals surface area contributed by atoms with E-state index in [1.54, 1.807) is 6.07 Å². The molecule has 2 nitrogen and oxygen atoms in total. The van der Waals surface area contributed by atoms with Crippen LogP contribution >= 0.6 is 0 Å². The maximum absolute atomic E-state index is 9.45. The molecule has 2 aliphatic carbocycles. The average Bonchev–Trinajstić information content (AvgIpc) is 2.98. The number of hydrogen-bond donors (Lipinski definition) is 2. The largest absolute Gasteiger partial charge is 0.508 e. The molecule has 2 saturated carbocycles. The van der Waals surface area contributed by atoms with Crippen molar-refractivity contribution in [3.05, 3.63) is 29.8 Å². The van der Waals surface area contributed by atoms with E-state index in [-0.39, 0.29) is 0 Å². The molecule has 2 aliphatic rings. The standard InChI is InChI=1S/C16H23NO/c1-11(16-9-12-5-6-14(16)7-12)17-10-13-3-2-4-15(18)8-13/h2-4,8,11-12,14,16-18H,5-7,9-10H2,1H3. The van der Waals surface area contributed by atoms with Crippen LogP contribution in [0, 0.1) is 17.8 Å². The summed E-state index contributed by atoms with van der Waals surface area (Å²) in [6, 6.07) is 8.15. The van der Waals surface area contributed by atoms with Crippen LogP contribution in [-0.4, -0.2) is 11.1 Å². The van der Waals surface area contributed by atoms with Crippen LogP contribution in [0.3, 0.4) is 0 Å². The average molecular weight is 245 g/mol. The van der Waals surface area contributed by atoms with E-state index < -0.39 is 0 Å². The van der Waals surface area contributed by atoms with Crippen molar-refractivity contribution in [3.63, 3.8) is 0 Å². The molecule has 18 heavy (non-hydrogen) atoms. The lowest BCUT2D eigenvalue weighted by Gasteiger charge is -2.28. The van der Waals surface area contributed by atoms with Crippen LogP contribution in [0.1, 0.15) is 38.2 Å². The molecule has 2 fully saturated rings. The SMILES string of the molecule is CC(NCc1cccc(O)c1)C1CC2CCC1C2. The van der Waals surface area contributed by atoms with Crippen LogP contribution in [0.2, 0.25) is 0 Å². The minimum atomic E-state index is 0.363. The molecule has 0 heterocycles. The Morgan fingerprint density at radius 1 is 1.33 bits per heavy atom. The first-order chi connectivity index (χ1) is 8.72. The van der Waals surface area contributed by atoms with Crippen molar-refractivity contribution in [3.8, 4) is 5.75 Å². The lowest BCUT2D eigenvalue weighted by atomic mass is 9.84. The fourth-order valence-corrected chi connectivity index (χ4v) is 4.00. The minimum Gasteiger partial charge on any atom is -0.508 e. The maximum atomic E-state index is 9.45. The van der Waals surface area contributed by atoms with Crippen LogP contribution in [0.25, 0.3) is 0 Å². The molecular formula is C16H23NO. The van der Waals surface area contributed by atoms with Gasteiger partial charge in [-0.05, 0) is 61.6 Å². The van der Waals surface area contributed by atoms with Gasteiger partial charge in [-0.25, -0.2) is 0 Å². The fourth-order valence-electron chi connectivity index (χ4n) is 4.00. The third-order valence-electron chi connectivity index (χ3n) is 4.97. The molecular weight excluding hydrogens is 222 g/mol. The summed E-state index contributed by atoms with van der Waals surface area (Å²) in [4.78, 5) is 0. The van der Waals surface area contributed by atoms with Crippen LogP contribution in [-0.2, 0) is 6.54 Å². The number of phenolic OH excluding ortho intramolecular Hbond substituents is 1. The lowest BCUT2D eigenvalue weighted by molar-refractivity contribution is 0.259. The Bertz CT molecular complexity index is 417. The number of rotatable bonds is 4. The Balaban J connectivity index is 1.54. The molecule has 0 saturated heterocycles. The molecule has 0 amide bonds. The van der Waals surface area contributed by atoms with Gasteiger partial charge in [0.2, 0.25) is 0 Å². The smallest absolute Gasteiger partial charge is 0.115 e. The summed E-state index contributed by atoms with van der Waals surface area (Å²) in [5.41, 5.74) is 1.17. The van der Waals surface area contributed by atoms with E-state index in [1.807, 2.05) is 12.1 Å². The van der Waals surface area contributed by atoms with Crippen molar-refractivity contribution < 1.29 is 5.11 Å². The zero-order chi connectivity index (χ0) is 12.5. The van der Waals surface area contributed by atoms with Gasteiger partial charge in [0, 0.05) is 12.6 Å². The predicted octanol–water partition coefficient (Wildman–Crippen LogP) is 3.31. The molecule has 2 heteroatoms. The van der Waals surface area contributed by atoms with Crippen molar-refractivity contribution in [2.75, 3.05) is 0 Å². The molecule has 4 atom stereocenters. The van der Waals surface area contributed by atoms with Crippen molar-refractivity contribution >= 4 is 0 Å². The molecule has 98 valence electrons. The Morgan fingerprint density at radius 3 is 2.89 bits per heavy atom. The summed E-state index contributed by atoms with van der Waals surface area (Å²) in [5, 5.41) is 13.1. The van der Waals surface area contributed by atoms with Gasteiger partial charge in [-0.15, -0.1) is 0 Å². The number of benzene rings is 1. The molecule has 0 aromatic heterocycles. The topological polar surface area (TPSA) is 32.3 Å². The molecule has 2 bridgehead atoms. The molecule has 2 N–H and O–H groups in total. The van der Waals surface area contributed by atoms with E-state index in [0.29, 0.717) is 11.8 Å². The Kier molecular flexibility index (Phi) is 3.29. The number of aromatic hydroxyl groups is 1. The summed E-state index contributed by atoms with van der Waals surface area (Å²) in [6.07, 6.45) is 5.83. The van der Waals surface area contributed by atoms with Gasteiger partial charge >= 0.3 is 0 Å². The van der Waals surface area contributed by atoms with Crippen LogP contribution < -0.4 is 5.32 Å². The van der Waals surface area contributed by atoms with Gasteiger partial charge in [0.25, 0.3) is 0 Å². The maximum Gasteiger partial charge on any atom is 0.115 e. The molecule has 4 unspecified atom stereocenters. The van der Waals surface area contributed by atoms with Gasteiger partial charge in [0.05, 0.1) is 0 Å². The first-order valence-electron chi connectivity index (χ1n) is 7.23. The normalized spacial score (nSPS) is 31.7. The van der Waals surface area contributed by atoms with Crippen LogP contribution in [0.5, 0.6) is 5.75 Å². The quantitative estimate of drug-likeness (QED) is 0.853. The van der Waals surface area contributed by atoms with Crippen molar-refractivity contribution in [2.45, 2.75) is 45.2 Å². The Labute approximate surface area is 109 Å². The predicted molar refractivity (Wildman–Crippen MR) is 73.3 cm³/mol. The highest BCUT2D eigenvalue weighted by molar-refractivity contribution is 5.26. The van der Waals surface area contributed by atoms with Crippen LogP contribution in [0.4, 0.5) is 0 Å². The van der Waals surface area contributed by atoms with Gasteiger partial charge in [0.1, 0.15) is 5.75 Å². The summed E-state index contributed by atoms with van der Waals surface area (Å²) < 4.78 is 0. The molecule has 0 aliphatic heterocycles. The second kappa shape index (κ2) is 4.93. The van der Waals surface area contributed by atoms with Gasteiger partial charge in [-0.1, -0.05) is 18.6 Å². The van der Waals surface area contributed by atoms with Crippen molar-refractivity contribution in [2.24, 2.45) is 17.8 Å². The number of phenols is 1. The third-order valence-corrected chi connectivity index (χ3v) is 4.97. The van der Waals surface area contributed by atoms with Gasteiger partial charge in [-0.3, -0.25) is 0 Å². The third kappa shape index (κ3) is 2.39. The van der Waals surface area contributed by atoms with Crippen molar-refractivity contribution in [1.82, 2.24) is 5.32 Å². The van der Waals surface area contributed by atoms with Crippen molar-refractivity contribution in [1.29, 1.82) is 0 Å². The highest BCUT2D eigenvalue weighted by Crippen LogP contribution is 2.49. The monoisotopic (exact) mass is 245 g/mol. The van der Waals surface area contributed by atoms with Gasteiger partial charge in [-0.2, -0.15) is 0 Å². The van der Waals surface area contributed by atoms with E-state index in [0.717, 1.165) is 24.3 Å². The summed E-state index contributed by atoms with van der Waals surface area (Å²) in [6.45, 7) is 3.19. The number of nitrogens with one attached hydrogen (secondary N) is 1. The van der Waals surface area contributed by atoms with E-state index in [2.05, 4.69) is 18.3 Å². The van der Waals surface area contributed by atoms with E-state index in [9.17, 15) is 5.11 Å². The first kappa shape index (κ1) is 12.0. The van der Waals surface area contributed by atoms with E-state index in [4.69, 9.17) is 0 Å². The molecule has 0 radical (unpaired) electrons. The fraction of sp³-hybridized carbons (Fsp3) is 0.625. The second-order valence-corrected chi connectivity index (χ2v) is 6.18. The van der Waals surface area contributed by atoms with Gasteiger partial charge < -0.3 is 10.4 Å². The highest BCUT2D eigenvalue weighted by Gasteiger charge is 2.41. The Hall–Kier alpha value is -1.02. The van der Waals surface area contributed by atoms with E-state index >= 15 is 0 Å². The molecule has 0 spiro atoms. The van der Waals surface area contributed by atoms with Crippen LogP contribution in [0.15, 0.2) is 24.3 Å². The summed E-state index contributed by atoms with van der Waals surface area (Å²) >= 11 is 0. The Morgan fingerprint density at radius 2 is 2.22 bits per heavy atom. The van der Waals surface area contributed by atoms with E-state index in [1.165, 1.54) is 31.2 Å². The lowest BCUT2D eigenvalue weighted by Crippen LogP contribution is -2.35. The second-order valence-electron chi connectivity index (χ2n) is 6.18. The van der Waals surface area contributed by atoms with Gasteiger partial charge in [0.15, 0.2) is 0 Å². The zero-order valence-electron chi connectivity index (χ0n) is 11.1. The zero-order valence-corrected chi connectivity index (χ0v) is 11.1. The highest BCUT2D eigenvalue weighted by atomic mass is 16.3. The molecule has 1 aromatic carbocycles. The first-order valence-corrected chi connectivity index (χ1v) is 7.23. The summed E-state index contributed by atoms with van der Waals surface area (Å²) in [7, 11) is 0.